The molecule has 0 amide bonds. The summed E-state index contributed by atoms with van der Waals surface area (Å²) in [7, 11) is 0. The summed E-state index contributed by atoms with van der Waals surface area (Å²) >= 11 is 3.70. The standard InChI is InChI=1S/C16H26BrN/c1-11-10-12(2)15(17)13(3)14(11)6-7-16(4,5)8-9-18/h10H,6-9,18H2,1-5H3. The molecule has 2 N–H and O–H groups in total. The van der Waals surface area contributed by atoms with Crippen molar-refractivity contribution in [2.24, 2.45) is 11.1 Å². The number of hydrogen-bond donors (Lipinski definition) is 1. The van der Waals surface area contributed by atoms with Crippen LogP contribution in [-0.2, 0) is 6.42 Å². The summed E-state index contributed by atoms with van der Waals surface area (Å²) in [4.78, 5) is 0. The lowest BCUT2D eigenvalue weighted by Gasteiger charge is -2.25. The van der Waals surface area contributed by atoms with Crippen molar-refractivity contribution in [1.82, 2.24) is 0 Å². The number of aryl methyl sites for hydroxylation is 2. The summed E-state index contributed by atoms with van der Waals surface area (Å²) in [6.07, 6.45) is 3.43. The minimum Gasteiger partial charge on any atom is -0.330 e. The van der Waals surface area contributed by atoms with E-state index in [1.54, 1.807) is 0 Å². The first kappa shape index (κ1) is 15.7. The van der Waals surface area contributed by atoms with Gasteiger partial charge >= 0.3 is 0 Å². The first-order valence-electron chi connectivity index (χ1n) is 6.74. The average Bonchev–Trinajstić information content (AvgIpc) is 2.25. The van der Waals surface area contributed by atoms with Crippen molar-refractivity contribution in [1.29, 1.82) is 0 Å². The van der Waals surface area contributed by atoms with Gasteiger partial charge in [0.1, 0.15) is 0 Å². The molecule has 1 aromatic rings. The molecule has 0 saturated carbocycles. The number of rotatable bonds is 5. The third-order valence-electron chi connectivity index (χ3n) is 3.91. The molecule has 1 aromatic carbocycles. The molecule has 18 heavy (non-hydrogen) atoms. The molecule has 102 valence electrons. The summed E-state index contributed by atoms with van der Waals surface area (Å²) in [5.41, 5.74) is 11.7. The molecular weight excluding hydrogens is 286 g/mol. The molecule has 0 bridgehead atoms. The lowest BCUT2D eigenvalue weighted by molar-refractivity contribution is 0.313. The van der Waals surface area contributed by atoms with E-state index in [-0.39, 0.29) is 0 Å². The van der Waals surface area contributed by atoms with Crippen LogP contribution in [-0.4, -0.2) is 6.54 Å². The summed E-state index contributed by atoms with van der Waals surface area (Å²) in [5.74, 6) is 0. The SMILES string of the molecule is Cc1cc(C)c(CCC(C)(C)CCN)c(C)c1Br. The summed E-state index contributed by atoms with van der Waals surface area (Å²) in [6, 6.07) is 2.28. The molecule has 0 unspecified atom stereocenters. The van der Waals surface area contributed by atoms with Gasteiger partial charge in [-0.15, -0.1) is 0 Å². The Morgan fingerprint density at radius 3 is 2.28 bits per heavy atom. The molecule has 0 fully saturated rings. The second-order valence-electron chi connectivity index (χ2n) is 6.13. The molecule has 0 radical (unpaired) electrons. The molecule has 0 aliphatic heterocycles. The van der Waals surface area contributed by atoms with E-state index in [2.05, 4.69) is 56.6 Å². The number of benzene rings is 1. The van der Waals surface area contributed by atoms with Crippen LogP contribution < -0.4 is 5.73 Å². The normalized spacial score (nSPS) is 11.9. The van der Waals surface area contributed by atoms with Gasteiger partial charge < -0.3 is 5.73 Å². The van der Waals surface area contributed by atoms with Crippen molar-refractivity contribution in [3.63, 3.8) is 0 Å². The first-order valence-corrected chi connectivity index (χ1v) is 7.53. The Morgan fingerprint density at radius 2 is 1.72 bits per heavy atom. The molecule has 2 heteroatoms. The third kappa shape index (κ3) is 3.83. The lowest BCUT2D eigenvalue weighted by atomic mass is 9.82. The van der Waals surface area contributed by atoms with Crippen LogP contribution in [0, 0.1) is 26.2 Å². The van der Waals surface area contributed by atoms with Gasteiger partial charge in [0.15, 0.2) is 0 Å². The van der Waals surface area contributed by atoms with Crippen LogP contribution in [0.15, 0.2) is 10.5 Å². The van der Waals surface area contributed by atoms with E-state index >= 15 is 0 Å². The molecule has 1 rings (SSSR count). The Kier molecular flexibility index (Phi) is 5.42. The van der Waals surface area contributed by atoms with Crippen molar-refractivity contribution in [2.75, 3.05) is 6.54 Å². The summed E-state index contributed by atoms with van der Waals surface area (Å²) in [6.45, 7) is 12.0. The van der Waals surface area contributed by atoms with Gasteiger partial charge in [0.05, 0.1) is 0 Å². The largest absolute Gasteiger partial charge is 0.330 e. The van der Waals surface area contributed by atoms with Crippen LogP contribution in [0.4, 0.5) is 0 Å². The maximum Gasteiger partial charge on any atom is 0.0236 e. The van der Waals surface area contributed by atoms with Gasteiger partial charge in [0.2, 0.25) is 0 Å². The predicted octanol–water partition coefficient (Wildman–Crippen LogP) is 4.68. The van der Waals surface area contributed by atoms with Gasteiger partial charge in [-0.3, -0.25) is 0 Å². The van der Waals surface area contributed by atoms with Crippen molar-refractivity contribution in [3.8, 4) is 0 Å². The topological polar surface area (TPSA) is 26.0 Å². The van der Waals surface area contributed by atoms with Gasteiger partial charge in [-0.05, 0) is 74.2 Å². The molecule has 0 aliphatic carbocycles. The Balaban J connectivity index is 2.89. The Bertz CT molecular complexity index is 422. The fourth-order valence-corrected chi connectivity index (χ4v) is 2.92. The summed E-state index contributed by atoms with van der Waals surface area (Å²) < 4.78 is 1.26. The fourth-order valence-electron chi connectivity index (χ4n) is 2.56. The highest BCUT2D eigenvalue weighted by Gasteiger charge is 2.18. The minimum atomic E-state index is 0.338. The predicted molar refractivity (Wildman–Crippen MR) is 84.1 cm³/mol. The average molecular weight is 312 g/mol. The molecule has 0 saturated heterocycles. The molecule has 0 heterocycles. The van der Waals surface area contributed by atoms with E-state index in [9.17, 15) is 0 Å². The van der Waals surface area contributed by atoms with Crippen LogP contribution in [0.2, 0.25) is 0 Å². The molecule has 0 aromatic heterocycles. The minimum absolute atomic E-state index is 0.338. The van der Waals surface area contributed by atoms with Crippen molar-refractivity contribution in [3.05, 3.63) is 32.8 Å². The zero-order valence-corrected chi connectivity index (χ0v) is 13.9. The van der Waals surface area contributed by atoms with E-state index in [1.165, 1.54) is 33.1 Å². The fraction of sp³-hybridized carbons (Fsp3) is 0.625. The zero-order chi connectivity index (χ0) is 13.9. The van der Waals surface area contributed by atoms with Crippen LogP contribution in [0.3, 0.4) is 0 Å². The van der Waals surface area contributed by atoms with Crippen LogP contribution >= 0.6 is 15.9 Å². The van der Waals surface area contributed by atoms with E-state index in [0.29, 0.717) is 5.41 Å². The smallest absolute Gasteiger partial charge is 0.0236 e. The Morgan fingerprint density at radius 1 is 1.11 bits per heavy atom. The highest BCUT2D eigenvalue weighted by molar-refractivity contribution is 9.10. The van der Waals surface area contributed by atoms with Gasteiger partial charge in [-0.25, -0.2) is 0 Å². The zero-order valence-electron chi connectivity index (χ0n) is 12.4. The molecular formula is C16H26BrN. The van der Waals surface area contributed by atoms with Crippen molar-refractivity contribution >= 4 is 15.9 Å². The maximum absolute atomic E-state index is 5.68. The highest BCUT2D eigenvalue weighted by Crippen LogP contribution is 2.31. The van der Waals surface area contributed by atoms with E-state index < -0.39 is 0 Å². The highest BCUT2D eigenvalue weighted by atomic mass is 79.9. The maximum atomic E-state index is 5.68. The van der Waals surface area contributed by atoms with E-state index in [1.807, 2.05) is 0 Å². The monoisotopic (exact) mass is 311 g/mol. The second-order valence-corrected chi connectivity index (χ2v) is 6.92. The summed E-state index contributed by atoms with van der Waals surface area (Å²) in [5, 5.41) is 0. The van der Waals surface area contributed by atoms with Crippen molar-refractivity contribution in [2.45, 2.75) is 53.9 Å². The number of hydrogen-bond acceptors (Lipinski definition) is 1. The molecule has 0 spiro atoms. The van der Waals surface area contributed by atoms with Gasteiger partial charge in [-0.2, -0.15) is 0 Å². The van der Waals surface area contributed by atoms with Gasteiger partial charge in [0.25, 0.3) is 0 Å². The first-order chi connectivity index (χ1) is 8.28. The van der Waals surface area contributed by atoms with E-state index in [4.69, 9.17) is 5.73 Å². The third-order valence-corrected chi connectivity index (χ3v) is 5.13. The Labute approximate surface area is 120 Å². The second kappa shape index (κ2) is 6.21. The molecule has 0 atom stereocenters. The van der Waals surface area contributed by atoms with Crippen LogP contribution in [0.5, 0.6) is 0 Å². The van der Waals surface area contributed by atoms with Crippen molar-refractivity contribution < 1.29 is 0 Å². The number of halogens is 1. The lowest BCUT2D eigenvalue weighted by Crippen LogP contribution is -2.18. The molecule has 0 aliphatic rings. The van der Waals surface area contributed by atoms with Gasteiger partial charge in [0, 0.05) is 4.47 Å². The van der Waals surface area contributed by atoms with Crippen LogP contribution in [0.1, 0.15) is 48.9 Å². The van der Waals surface area contributed by atoms with Gasteiger partial charge in [-0.1, -0.05) is 35.8 Å². The van der Waals surface area contributed by atoms with E-state index in [0.717, 1.165) is 19.4 Å². The number of nitrogens with two attached hydrogens (primary N) is 1. The quantitative estimate of drug-likeness (QED) is 0.839. The molecule has 1 nitrogen and oxygen atoms in total. The van der Waals surface area contributed by atoms with Crippen LogP contribution in [0.25, 0.3) is 0 Å². The Hall–Kier alpha value is -0.340.